The Morgan fingerprint density at radius 3 is 1.68 bits per heavy atom. The zero-order chi connectivity index (χ0) is 22.6. The highest BCUT2D eigenvalue weighted by atomic mass is 16.3. The predicted molar refractivity (Wildman–Crippen MR) is 140 cm³/mol. The van der Waals surface area contributed by atoms with Crippen LogP contribution in [0.1, 0.15) is 24.0 Å². The van der Waals surface area contributed by atoms with Gasteiger partial charge < -0.3 is 8.83 Å². The molecule has 0 aliphatic heterocycles. The summed E-state index contributed by atoms with van der Waals surface area (Å²) in [4.78, 5) is 0. The van der Waals surface area contributed by atoms with Crippen LogP contribution in [0, 0.1) is 0 Å². The molecule has 0 bridgehead atoms. The molecule has 0 saturated carbocycles. The topological polar surface area (TPSA) is 26.3 Å². The smallest absolute Gasteiger partial charge is 0.135 e. The van der Waals surface area contributed by atoms with Crippen LogP contribution in [0.15, 0.2) is 118 Å². The van der Waals surface area contributed by atoms with Crippen molar-refractivity contribution in [2.24, 2.45) is 0 Å². The van der Waals surface area contributed by atoms with Gasteiger partial charge in [-0.1, -0.05) is 73.7 Å². The lowest BCUT2D eigenvalue weighted by molar-refractivity contribution is 0.668. The predicted octanol–water partition coefficient (Wildman–Crippen LogP) is 9.30. The average Bonchev–Trinajstić information content (AvgIpc) is 3.45. The van der Waals surface area contributed by atoms with Crippen molar-refractivity contribution < 1.29 is 8.83 Å². The van der Waals surface area contributed by atoms with Gasteiger partial charge in [-0.05, 0) is 64.7 Å². The van der Waals surface area contributed by atoms with Gasteiger partial charge in [-0.25, -0.2) is 0 Å². The van der Waals surface area contributed by atoms with Crippen LogP contribution < -0.4 is 0 Å². The van der Waals surface area contributed by atoms with Crippen LogP contribution in [0.3, 0.4) is 0 Å². The Labute approximate surface area is 197 Å². The number of para-hydroxylation sites is 1. The highest BCUT2D eigenvalue weighted by Crippen LogP contribution is 2.37. The molecule has 0 aliphatic carbocycles. The van der Waals surface area contributed by atoms with E-state index in [0.29, 0.717) is 5.92 Å². The fourth-order valence-corrected chi connectivity index (χ4v) is 5.08. The summed E-state index contributed by atoms with van der Waals surface area (Å²) in [6.45, 7) is 2.26. The maximum absolute atomic E-state index is 6.18. The molecule has 7 aromatic rings. The Bertz CT molecular complexity index is 1820. The molecule has 34 heavy (non-hydrogen) atoms. The highest BCUT2D eigenvalue weighted by molar-refractivity contribution is 6.08. The van der Waals surface area contributed by atoms with Gasteiger partial charge in [0.1, 0.15) is 22.3 Å². The monoisotopic (exact) mass is 438 g/mol. The van der Waals surface area contributed by atoms with Crippen LogP contribution >= 0.6 is 0 Å². The van der Waals surface area contributed by atoms with E-state index in [0.717, 1.165) is 43.9 Å². The first-order valence-electron chi connectivity index (χ1n) is 11.7. The fraction of sp³-hybridized carbons (Fsp3) is 0.0625. The fourth-order valence-electron chi connectivity index (χ4n) is 5.08. The van der Waals surface area contributed by atoms with E-state index in [1.807, 2.05) is 12.1 Å². The zero-order valence-corrected chi connectivity index (χ0v) is 18.8. The third kappa shape index (κ3) is 2.96. The summed E-state index contributed by atoms with van der Waals surface area (Å²) in [5.74, 6) is 0.315. The molecule has 0 fully saturated rings. The molecule has 1 atom stereocenters. The molecule has 2 aromatic heterocycles. The number of hydrogen-bond acceptors (Lipinski definition) is 2. The van der Waals surface area contributed by atoms with Crippen molar-refractivity contribution in [3.8, 4) is 11.1 Å². The van der Waals surface area contributed by atoms with Gasteiger partial charge in [0.2, 0.25) is 0 Å². The minimum absolute atomic E-state index is 0.315. The van der Waals surface area contributed by atoms with Crippen LogP contribution in [-0.2, 0) is 0 Å². The molecule has 162 valence electrons. The van der Waals surface area contributed by atoms with Crippen LogP contribution in [0.25, 0.3) is 55.0 Å². The number of benzene rings is 5. The molecule has 7 rings (SSSR count). The van der Waals surface area contributed by atoms with E-state index in [1.165, 1.54) is 22.3 Å². The van der Waals surface area contributed by atoms with Gasteiger partial charge in [-0.15, -0.1) is 0 Å². The molecular weight excluding hydrogens is 416 g/mol. The van der Waals surface area contributed by atoms with Gasteiger partial charge >= 0.3 is 0 Å². The first kappa shape index (κ1) is 19.2. The van der Waals surface area contributed by atoms with E-state index in [1.54, 1.807) is 0 Å². The Balaban J connectivity index is 1.37. The quantitative estimate of drug-likeness (QED) is 0.275. The maximum atomic E-state index is 6.18. The average molecular weight is 439 g/mol. The third-order valence-corrected chi connectivity index (χ3v) is 7.00. The SMILES string of the molecule is CC(c1ccccc1)c1ccc2oc3ccc(-c4ccc5oc6ccccc6c5c4)cc3c2c1. The van der Waals surface area contributed by atoms with Crippen LogP contribution in [0.5, 0.6) is 0 Å². The highest BCUT2D eigenvalue weighted by Gasteiger charge is 2.14. The Morgan fingerprint density at radius 1 is 0.441 bits per heavy atom. The van der Waals surface area contributed by atoms with Crippen molar-refractivity contribution in [3.05, 3.63) is 120 Å². The van der Waals surface area contributed by atoms with E-state index in [-0.39, 0.29) is 0 Å². The Kier molecular flexibility index (Phi) is 4.16. The van der Waals surface area contributed by atoms with Crippen molar-refractivity contribution in [1.29, 1.82) is 0 Å². The minimum atomic E-state index is 0.315. The number of hydrogen-bond donors (Lipinski definition) is 0. The Hall–Kier alpha value is -4.30. The molecule has 2 nitrogen and oxygen atoms in total. The number of fused-ring (bicyclic) bond motifs is 6. The van der Waals surface area contributed by atoms with Crippen molar-refractivity contribution in [3.63, 3.8) is 0 Å². The van der Waals surface area contributed by atoms with E-state index >= 15 is 0 Å². The summed E-state index contributed by atoms with van der Waals surface area (Å²) in [5, 5.41) is 4.59. The summed E-state index contributed by atoms with van der Waals surface area (Å²) in [5.41, 5.74) is 8.62. The van der Waals surface area contributed by atoms with E-state index in [2.05, 4.69) is 104 Å². The van der Waals surface area contributed by atoms with Crippen LogP contribution in [0.2, 0.25) is 0 Å². The van der Waals surface area contributed by atoms with Crippen molar-refractivity contribution in [2.75, 3.05) is 0 Å². The van der Waals surface area contributed by atoms with Crippen molar-refractivity contribution in [2.45, 2.75) is 12.8 Å². The molecule has 0 N–H and O–H groups in total. The summed E-state index contributed by atoms with van der Waals surface area (Å²) < 4.78 is 12.2. The Morgan fingerprint density at radius 2 is 0.971 bits per heavy atom. The molecule has 2 heteroatoms. The lowest BCUT2D eigenvalue weighted by atomic mass is 9.92. The van der Waals surface area contributed by atoms with Gasteiger partial charge in [-0.3, -0.25) is 0 Å². The second-order valence-electron chi connectivity index (χ2n) is 9.01. The van der Waals surface area contributed by atoms with E-state index in [4.69, 9.17) is 8.83 Å². The lowest BCUT2D eigenvalue weighted by Crippen LogP contribution is -1.95. The number of furan rings is 2. The second-order valence-corrected chi connectivity index (χ2v) is 9.01. The first-order valence-corrected chi connectivity index (χ1v) is 11.7. The van der Waals surface area contributed by atoms with Gasteiger partial charge in [-0.2, -0.15) is 0 Å². The molecule has 0 spiro atoms. The number of rotatable bonds is 3. The first-order chi connectivity index (χ1) is 16.7. The minimum Gasteiger partial charge on any atom is -0.456 e. The van der Waals surface area contributed by atoms with Crippen LogP contribution in [0.4, 0.5) is 0 Å². The normalized spacial score (nSPS) is 12.7. The summed E-state index contributed by atoms with van der Waals surface area (Å²) >= 11 is 0. The lowest BCUT2D eigenvalue weighted by Gasteiger charge is -2.12. The molecule has 0 radical (unpaired) electrons. The van der Waals surface area contributed by atoms with E-state index < -0.39 is 0 Å². The second kappa shape index (κ2) is 7.36. The molecule has 0 saturated heterocycles. The van der Waals surface area contributed by atoms with E-state index in [9.17, 15) is 0 Å². The molecule has 5 aromatic carbocycles. The molecule has 1 unspecified atom stereocenters. The summed E-state index contributed by atoms with van der Waals surface area (Å²) in [6.07, 6.45) is 0. The van der Waals surface area contributed by atoms with Gasteiger partial charge in [0, 0.05) is 27.5 Å². The standard InChI is InChI=1S/C32H22O2/c1-20(21-7-3-2-4-8-21)22-11-14-31-27(17-22)28-19-24(13-16-32(28)34-31)23-12-15-30-26(18-23)25-9-5-6-10-29(25)33-30/h2-20H,1H3. The van der Waals surface area contributed by atoms with Gasteiger partial charge in [0.15, 0.2) is 0 Å². The summed E-state index contributed by atoms with van der Waals surface area (Å²) in [7, 11) is 0. The van der Waals surface area contributed by atoms with Crippen LogP contribution in [-0.4, -0.2) is 0 Å². The molecule has 0 aliphatic rings. The van der Waals surface area contributed by atoms with Gasteiger partial charge in [0.05, 0.1) is 0 Å². The molecule has 0 amide bonds. The largest absolute Gasteiger partial charge is 0.456 e. The molecule has 2 heterocycles. The maximum Gasteiger partial charge on any atom is 0.135 e. The molecular formula is C32H22O2. The van der Waals surface area contributed by atoms with Crippen molar-refractivity contribution in [1.82, 2.24) is 0 Å². The van der Waals surface area contributed by atoms with Crippen molar-refractivity contribution >= 4 is 43.9 Å². The summed E-state index contributed by atoms with van der Waals surface area (Å²) in [6, 6.07) is 38.3. The van der Waals surface area contributed by atoms with Gasteiger partial charge in [0.25, 0.3) is 0 Å². The third-order valence-electron chi connectivity index (χ3n) is 7.00. The zero-order valence-electron chi connectivity index (χ0n) is 18.8.